The van der Waals surface area contributed by atoms with Crippen LogP contribution in [0.1, 0.15) is 29.0 Å². The predicted octanol–water partition coefficient (Wildman–Crippen LogP) is 3.47. The van der Waals surface area contributed by atoms with E-state index in [2.05, 4.69) is 22.9 Å². The standard InChI is InChI=1S/C15H20N2OS2/c16-8-2-1-7-15(18)17(11-13-5-3-9-19-13)12-14-6-4-10-20-14/h3-6,9-10H,1-2,7-8,11-12,16H2. The molecule has 1 amide bonds. The number of amides is 1. The summed E-state index contributed by atoms with van der Waals surface area (Å²) in [6.45, 7) is 2.07. The molecule has 0 aromatic carbocycles. The zero-order valence-corrected chi connectivity index (χ0v) is 13.1. The summed E-state index contributed by atoms with van der Waals surface area (Å²) < 4.78 is 0. The quantitative estimate of drug-likeness (QED) is 0.759. The smallest absolute Gasteiger partial charge is 0.223 e. The second kappa shape index (κ2) is 8.19. The summed E-state index contributed by atoms with van der Waals surface area (Å²) in [5, 5.41) is 4.11. The van der Waals surface area contributed by atoms with Gasteiger partial charge in [0.25, 0.3) is 0 Å². The number of rotatable bonds is 8. The number of hydrogen-bond donors (Lipinski definition) is 1. The van der Waals surface area contributed by atoms with Gasteiger partial charge in [0.15, 0.2) is 0 Å². The van der Waals surface area contributed by atoms with Crippen LogP contribution >= 0.6 is 22.7 Å². The highest BCUT2D eigenvalue weighted by Gasteiger charge is 2.15. The van der Waals surface area contributed by atoms with Crippen molar-refractivity contribution in [1.29, 1.82) is 0 Å². The third kappa shape index (κ3) is 4.74. The topological polar surface area (TPSA) is 46.3 Å². The van der Waals surface area contributed by atoms with Crippen LogP contribution in [-0.2, 0) is 17.9 Å². The Kier molecular flexibility index (Phi) is 6.24. The van der Waals surface area contributed by atoms with E-state index >= 15 is 0 Å². The Morgan fingerprint density at radius 3 is 2.10 bits per heavy atom. The first-order chi connectivity index (χ1) is 9.79. The van der Waals surface area contributed by atoms with Crippen molar-refractivity contribution in [3.63, 3.8) is 0 Å². The molecule has 0 saturated heterocycles. The predicted molar refractivity (Wildman–Crippen MR) is 85.8 cm³/mol. The van der Waals surface area contributed by atoms with Crippen molar-refractivity contribution < 1.29 is 4.79 Å². The van der Waals surface area contributed by atoms with E-state index in [9.17, 15) is 4.79 Å². The van der Waals surface area contributed by atoms with E-state index in [1.165, 1.54) is 9.75 Å². The van der Waals surface area contributed by atoms with Crippen molar-refractivity contribution in [3.8, 4) is 0 Å². The van der Waals surface area contributed by atoms with Gasteiger partial charge in [-0.15, -0.1) is 22.7 Å². The van der Waals surface area contributed by atoms with Crippen LogP contribution in [0.3, 0.4) is 0 Å². The average molecular weight is 308 g/mol. The van der Waals surface area contributed by atoms with Crippen molar-refractivity contribution >= 4 is 28.6 Å². The third-order valence-corrected chi connectivity index (χ3v) is 4.77. The van der Waals surface area contributed by atoms with E-state index in [0.717, 1.165) is 12.8 Å². The minimum Gasteiger partial charge on any atom is -0.332 e. The van der Waals surface area contributed by atoms with E-state index in [-0.39, 0.29) is 5.91 Å². The summed E-state index contributed by atoms with van der Waals surface area (Å²) in [5.74, 6) is 0.222. The molecule has 2 heterocycles. The first-order valence-corrected chi connectivity index (χ1v) is 8.58. The van der Waals surface area contributed by atoms with Crippen LogP contribution in [0.4, 0.5) is 0 Å². The fourth-order valence-corrected chi connectivity index (χ4v) is 3.43. The van der Waals surface area contributed by atoms with Gasteiger partial charge >= 0.3 is 0 Å². The number of nitrogens with two attached hydrogens (primary N) is 1. The summed E-state index contributed by atoms with van der Waals surface area (Å²) >= 11 is 3.40. The van der Waals surface area contributed by atoms with Crippen molar-refractivity contribution in [3.05, 3.63) is 44.8 Å². The zero-order valence-electron chi connectivity index (χ0n) is 11.5. The summed E-state index contributed by atoms with van der Waals surface area (Å²) in [4.78, 5) is 16.8. The zero-order chi connectivity index (χ0) is 14.2. The maximum absolute atomic E-state index is 12.4. The Hall–Kier alpha value is -1.17. The molecule has 2 N–H and O–H groups in total. The minimum absolute atomic E-state index is 0.222. The Balaban J connectivity index is 1.97. The van der Waals surface area contributed by atoms with E-state index in [1.807, 2.05) is 17.0 Å². The Labute approximate surface area is 128 Å². The molecule has 0 atom stereocenters. The van der Waals surface area contributed by atoms with E-state index < -0.39 is 0 Å². The lowest BCUT2D eigenvalue weighted by Crippen LogP contribution is -2.29. The van der Waals surface area contributed by atoms with Crippen LogP contribution < -0.4 is 5.73 Å². The molecule has 0 saturated carbocycles. The molecule has 0 bridgehead atoms. The van der Waals surface area contributed by atoms with E-state index in [1.54, 1.807) is 22.7 Å². The molecule has 0 aliphatic carbocycles. The molecule has 2 rings (SSSR count). The Morgan fingerprint density at radius 1 is 1.05 bits per heavy atom. The molecule has 0 unspecified atom stereocenters. The highest BCUT2D eigenvalue weighted by Crippen LogP contribution is 2.18. The molecule has 0 radical (unpaired) electrons. The second-order valence-electron chi connectivity index (χ2n) is 4.65. The monoisotopic (exact) mass is 308 g/mol. The lowest BCUT2D eigenvalue weighted by Gasteiger charge is -2.21. The number of unbranched alkanes of at least 4 members (excludes halogenated alkanes) is 1. The maximum Gasteiger partial charge on any atom is 0.223 e. The van der Waals surface area contributed by atoms with E-state index in [0.29, 0.717) is 26.1 Å². The molecular weight excluding hydrogens is 288 g/mol. The maximum atomic E-state index is 12.4. The van der Waals surface area contributed by atoms with Gasteiger partial charge in [0, 0.05) is 16.2 Å². The van der Waals surface area contributed by atoms with Gasteiger partial charge < -0.3 is 10.6 Å². The van der Waals surface area contributed by atoms with Crippen molar-refractivity contribution in [1.82, 2.24) is 4.90 Å². The summed E-state index contributed by atoms with van der Waals surface area (Å²) in [5.41, 5.74) is 5.49. The average Bonchev–Trinajstić information content (AvgIpc) is 3.11. The first kappa shape index (κ1) is 15.2. The van der Waals surface area contributed by atoms with Gasteiger partial charge in [0.1, 0.15) is 0 Å². The molecular formula is C15H20N2OS2. The van der Waals surface area contributed by atoms with Gasteiger partial charge in [-0.05, 0) is 42.3 Å². The number of thiophene rings is 2. The van der Waals surface area contributed by atoms with Crippen LogP contribution in [0.15, 0.2) is 35.0 Å². The number of carbonyl (C=O) groups is 1. The third-order valence-electron chi connectivity index (χ3n) is 3.05. The fourth-order valence-electron chi connectivity index (χ4n) is 1.99. The molecule has 0 aliphatic rings. The van der Waals surface area contributed by atoms with Gasteiger partial charge in [-0.1, -0.05) is 12.1 Å². The van der Waals surface area contributed by atoms with Gasteiger partial charge in [0.05, 0.1) is 13.1 Å². The van der Waals surface area contributed by atoms with Gasteiger partial charge in [0.2, 0.25) is 5.91 Å². The Bertz CT molecular complexity index is 458. The van der Waals surface area contributed by atoms with Gasteiger partial charge in [-0.3, -0.25) is 4.79 Å². The molecule has 2 aromatic rings. The van der Waals surface area contributed by atoms with Crippen LogP contribution in [-0.4, -0.2) is 17.4 Å². The van der Waals surface area contributed by atoms with E-state index in [4.69, 9.17) is 5.73 Å². The van der Waals surface area contributed by atoms with Crippen LogP contribution in [0.5, 0.6) is 0 Å². The SMILES string of the molecule is NCCCCC(=O)N(Cc1cccs1)Cc1cccs1. The minimum atomic E-state index is 0.222. The molecule has 0 aliphatic heterocycles. The summed E-state index contributed by atoms with van der Waals surface area (Å²) in [6, 6.07) is 8.23. The number of nitrogens with zero attached hydrogens (tertiary/aromatic N) is 1. The second-order valence-corrected chi connectivity index (χ2v) is 6.72. The van der Waals surface area contributed by atoms with Crippen LogP contribution in [0, 0.1) is 0 Å². The molecule has 0 spiro atoms. The highest BCUT2D eigenvalue weighted by atomic mass is 32.1. The molecule has 0 fully saturated rings. The summed E-state index contributed by atoms with van der Waals surface area (Å²) in [7, 11) is 0. The molecule has 108 valence electrons. The van der Waals surface area contributed by atoms with Gasteiger partial charge in [-0.25, -0.2) is 0 Å². The molecule has 2 aromatic heterocycles. The van der Waals surface area contributed by atoms with Gasteiger partial charge in [-0.2, -0.15) is 0 Å². The molecule has 3 nitrogen and oxygen atoms in total. The number of carbonyl (C=O) groups excluding carboxylic acids is 1. The fraction of sp³-hybridized carbons (Fsp3) is 0.400. The highest BCUT2D eigenvalue weighted by molar-refractivity contribution is 7.10. The lowest BCUT2D eigenvalue weighted by molar-refractivity contribution is -0.132. The van der Waals surface area contributed by atoms with Crippen LogP contribution in [0.2, 0.25) is 0 Å². The lowest BCUT2D eigenvalue weighted by atomic mass is 10.2. The van der Waals surface area contributed by atoms with Crippen molar-refractivity contribution in [2.45, 2.75) is 32.4 Å². The molecule has 5 heteroatoms. The number of hydrogen-bond acceptors (Lipinski definition) is 4. The first-order valence-electron chi connectivity index (χ1n) is 6.82. The Morgan fingerprint density at radius 2 is 1.65 bits per heavy atom. The van der Waals surface area contributed by atoms with Crippen LogP contribution in [0.25, 0.3) is 0 Å². The molecule has 20 heavy (non-hydrogen) atoms. The normalized spacial score (nSPS) is 10.7. The summed E-state index contributed by atoms with van der Waals surface area (Å²) in [6.07, 6.45) is 2.38. The largest absolute Gasteiger partial charge is 0.332 e. The van der Waals surface area contributed by atoms with Crippen molar-refractivity contribution in [2.75, 3.05) is 6.54 Å². The van der Waals surface area contributed by atoms with Crippen molar-refractivity contribution in [2.24, 2.45) is 5.73 Å².